The van der Waals surface area contributed by atoms with Crippen molar-refractivity contribution in [2.45, 2.75) is 4.21 Å². The summed E-state index contributed by atoms with van der Waals surface area (Å²) >= 11 is 7.04. The first-order valence-electron chi connectivity index (χ1n) is 8.80. The molecule has 0 bridgehead atoms. The number of para-hydroxylation sites is 1. The Hall–Kier alpha value is -2.82. The third-order valence-electron chi connectivity index (χ3n) is 4.20. The predicted molar refractivity (Wildman–Crippen MR) is 118 cm³/mol. The first kappa shape index (κ1) is 22.9. The van der Waals surface area contributed by atoms with Crippen molar-refractivity contribution in [3.63, 3.8) is 0 Å². The standard InChI is InChI=1S/C20H18ClFN2O5S2/c1-28-17-11-15(18(29-2)10-13(17)21)23-19(25)12-24(16-7-4-3-6-14(16)22)31(26,27)20-8-5-9-30-20/h3-11H,12H2,1-2H3,(H,23,25). The maximum absolute atomic E-state index is 14.5. The second-order valence-corrected chi connectivity index (χ2v) is 9.57. The highest BCUT2D eigenvalue weighted by molar-refractivity contribution is 7.94. The molecule has 0 unspecified atom stereocenters. The van der Waals surface area contributed by atoms with Crippen molar-refractivity contribution in [2.75, 3.05) is 30.4 Å². The van der Waals surface area contributed by atoms with Gasteiger partial charge in [0.15, 0.2) is 0 Å². The molecule has 0 aliphatic heterocycles. The summed E-state index contributed by atoms with van der Waals surface area (Å²) in [6.07, 6.45) is 0. The van der Waals surface area contributed by atoms with E-state index < -0.39 is 28.3 Å². The van der Waals surface area contributed by atoms with Crippen LogP contribution < -0.4 is 19.1 Å². The highest BCUT2D eigenvalue weighted by Crippen LogP contribution is 2.36. The lowest BCUT2D eigenvalue weighted by Gasteiger charge is -2.24. The van der Waals surface area contributed by atoms with Crippen LogP contribution in [0.25, 0.3) is 0 Å². The van der Waals surface area contributed by atoms with Gasteiger partial charge in [-0.15, -0.1) is 11.3 Å². The van der Waals surface area contributed by atoms with Crippen molar-refractivity contribution in [2.24, 2.45) is 0 Å². The number of hydrogen-bond donors (Lipinski definition) is 1. The van der Waals surface area contributed by atoms with Crippen LogP contribution in [0.1, 0.15) is 0 Å². The fourth-order valence-electron chi connectivity index (χ4n) is 2.75. The number of methoxy groups -OCH3 is 2. The maximum Gasteiger partial charge on any atom is 0.274 e. The number of ether oxygens (including phenoxy) is 2. The third kappa shape index (κ3) is 4.92. The minimum absolute atomic E-state index is 0.0192. The molecule has 31 heavy (non-hydrogen) atoms. The first-order chi connectivity index (χ1) is 14.8. The van der Waals surface area contributed by atoms with Gasteiger partial charge in [0.2, 0.25) is 5.91 Å². The molecule has 3 aromatic rings. The Kier molecular flexibility index (Phi) is 7.04. The SMILES string of the molecule is COc1cc(NC(=O)CN(c2ccccc2F)S(=O)(=O)c2cccs2)c(OC)cc1Cl. The Morgan fingerprint density at radius 2 is 1.84 bits per heavy atom. The molecule has 1 heterocycles. The van der Waals surface area contributed by atoms with Crippen LogP contribution in [0.2, 0.25) is 5.02 Å². The molecule has 1 aromatic heterocycles. The Morgan fingerprint density at radius 3 is 2.45 bits per heavy atom. The minimum atomic E-state index is -4.18. The van der Waals surface area contributed by atoms with Gasteiger partial charge in [-0.2, -0.15) is 0 Å². The summed E-state index contributed by atoms with van der Waals surface area (Å²) < 4.78 is 51.8. The second kappa shape index (κ2) is 9.54. The maximum atomic E-state index is 14.5. The Morgan fingerprint density at radius 1 is 1.13 bits per heavy atom. The molecule has 0 saturated carbocycles. The number of carbonyl (C=O) groups excluding carboxylic acids is 1. The molecule has 0 fully saturated rings. The number of carbonyl (C=O) groups is 1. The quantitative estimate of drug-likeness (QED) is 0.512. The van der Waals surface area contributed by atoms with E-state index in [9.17, 15) is 17.6 Å². The molecule has 1 amide bonds. The molecule has 3 rings (SSSR count). The van der Waals surface area contributed by atoms with E-state index in [2.05, 4.69) is 5.32 Å². The zero-order chi connectivity index (χ0) is 22.6. The number of anilines is 2. The van der Waals surface area contributed by atoms with Crippen molar-refractivity contribution in [3.05, 3.63) is 64.8 Å². The van der Waals surface area contributed by atoms with Crippen molar-refractivity contribution in [3.8, 4) is 11.5 Å². The van der Waals surface area contributed by atoms with E-state index >= 15 is 0 Å². The van der Waals surface area contributed by atoms with Gasteiger partial charge >= 0.3 is 0 Å². The number of nitrogens with zero attached hydrogens (tertiary/aromatic N) is 1. The average Bonchev–Trinajstić information content (AvgIpc) is 3.29. The Bertz CT molecular complexity index is 1190. The number of benzene rings is 2. The Labute approximate surface area is 188 Å². The van der Waals surface area contributed by atoms with Crippen molar-refractivity contribution in [1.82, 2.24) is 0 Å². The zero-order valence-electron chi connectivity index (χ0n) is 16.5. The fourth-order valence-corrected chi connectivity index (χ4v) is 5.51. The molecule has 0 aliphatic carbocycles. The largest absolute Gasteiger partial charge is 0.495 e. The van der Waals surface area contributed by atoms with Crippen molar-refractivity contribution < 1.29 is 27.1 Å². The second-order valence-electron chi connectivity index (χ2n) is 6.13. The van der Waals surface area contributed by atoms with Gasteiger partial charge in [0.1, 0.15) is 28.1 Å². The number of nitrogens with one attached hydrogen (secondary N) is 1. The molecule has 1 N–H and O–H groups in total. The molecule has 11 heteroatoms. The van der Waals surface area contributed by atoms with Gasteiger partial charge in [0.05, 0.1) is 30.6 Å². The summed E-state index contributed by atoms with van der Waals surface area (Å²) in [5.74, 6) is -0.958. The molecule has 0 saturated heterocycles. The summed E-state index contributed by atoms with van der Waals surface area (Å²) in [6.45, 7) is -0.671. The highest BCUT2D eigenvalue weighted by atomic mass is 35.5. The van der Waals surface area contributed by atoms with Gasteiger partial charge in [-0.25, -0.2) is 12.8 Å². The lowest BCUT2D eigenvalue weighted by atomic mass is 10.2. The molecule has 0 atom stereocenters. The van der Waals surface area contributed by atoms with Gasteiger partial charge < -0.3 is 14.8 Å². The van der Waals surface area contributed by atoms with Crippen LogP contribution in [0.5, 0.6) is 11.5 Å². The number of halogens is 2. The van der Waals surface area contributed by atoms with Crippen LogP contribution >= 0.6 is 22.9 Å². The monoisotopic (exact) mass is 484 g/mol. The van der Waals surface area contributed by atoms with Gasteiger partial charge in [-0.3, -0.25) is 9.10 Å². The van der Waals surface area contributed by atoms with E-state index in [4.69, 9.17) is 21.1 Å². The van der Waals surface area contributed by atoms with Crippen LogP contribution in [-0.4, -0.2) is 35.1 Å². The number of sulfonamides is 1. The molecule has 0 radical (unpaired) electrons. The van der Waals surface area contributed by atoms with Gasteiger partial charge in [-0.1, -0.05) is 29.8 Å². The average molecular weight is 485 g/mol. The smallest absolute Gasteiger partial charge is 0.274 e. The van der Waals surface area contributed by atoms with E-state index in [0.717, 1.165) is 21.7 Å². The molecular weight excluding hydrogens is 467 g/mol. The van der Waals surface area contributed by atoms with E-state index in [-0.39, 0.29) is 32.1 Å². The first-order valence-corrected chi connectivity index (χ1v) is 11.5. The highest BCUT2D eigenvalue weighted by Gasteiger charge is 2.30. The summed E-state index contributed by atoms with van der Waals surface area (Å²) in [5, 5.41) is 4.42. The molecule has 0 spiro atoms. The molecule has 0 aliphatic rings. The summed E-state index contributed by atoms with van der Waals surface area (Å²) in [4.78, 5) is 12.8. The van der Waals surface area contributed by atoms with Gasteiger partial charge in [0.25, 0.3) is 10.0 Å². The zero-order valence-corrected chi connectivity index (χ0v) is 18.9. The van der Waals surface area contributed by atoms with E-state index in [1.54, 1.807) is 11.4 Å². The van der Waals surface area contributed by atoms with Crippen molar-refractivity contribution in [1.29, 1.82) is 0 Å². The van der Waals surface area contributed by atoms with Crippen LogP contribution in [0.4, 0.5) is 15.8 Å². The molecule has 7 nitrogen and oxygen atoms in total. The van der Waals surface area contributed by atoms with Crippen LogP contribution in [0.15, 0.2) is 58.1 Å². The summed E-state index contributed by atoms with van der Waals surface area (Å²) in [5.41, 5.74) is -0.0255. The number of rotatable bonds is 8. The molecular formula is C20H18ClFN2O5S2. The molecule has 164 valence electrons. The summed E-state index contributed by atoms with van der Waals surface area (Å²) in [6, 6.07) is 11.2. The molecule has 2 aromatic carbocycles. The van der Waals surface area contributed by atoms with Gasteiger partial charge in [0, 0.05) is 12.1 Å². The number of thiophene rings is 1. The van der Waals surface area contributed by atoms with E-state index in [1.165, 1.54) is 50.6 Å². The normalized spacial score (nSPS) is 11.1. The predicted octanol–water partition coefficient (Wildman–Crippen LogP) is 4.39. The van der Waals surface area contributed by atoms with Crippen LogP contribution in [0, 0.1) is 5.82 Å². The lowest BCUT2D eigenvalue weighted by Crippen LogP contribution is -2.38. The third-order valence-corrected chi connectivity index (χ3v) is 7.62. The summed E-state index contributed by atoms with van der Waals surface area (Å²) in [7, 11) is -1.38. The fraction of sp³-hybridized carbons (Fsp3) is 0.150. The van der Waals surface area contributed by atoms with Crippen LogP contribution in [0.3, 0.4) is 0 Å². The van der Waals surface area contributed by atoms with Gasteiger partial charge in [-0.05, 0) is 23.6 Å². The van der Waals surface area contributed by atoms with Crippen molar-refractivity contribution >= 4 is 50.2 Å². The van der Waals surface area contributed by atoms with Crippen LogP contribution in [-0.2, 0) is 14.8 Å². The lowest BCUT2D eigenvalue weighted by molar-refractivity contribution is -0.114. The number of amides is 1. The Balaban J connectivity index is 1.96. The van der Waals surface area contributed by atoms with E-state index in [0.29, 0.717) is 0 Å². The van der Waals surface area contributed by atoms with E-state index in [1.807, 2.05) is 0 Å². The topological polar surface area (TPSA) is 84.9 Å². The number of hydrogen-bond acceptors (Lipinski definition) is 6. The minimum Gasteiger partial charge on any atom is -0.495 e.